The van der Waals surface area contributed by atoms with Crippen molar-refractivity contribution in [2.24, 2.45) is 0 Å². The largest absolute Gasteiger partial charge is 0.345 e. The molecule has 0 saturated carbocycles. The summed E-state index contributed by atoms with van der Waals surface area (Å²) in [5.41, 5.74) is 6.25. The first-order valence-corrected chi connectivity index (χ1v) is 8.00. The van der Waals surface area contributed by atoms with E-state index in [1.807, 2.05) is 7.05 Å². The molecule has 0 bridgehead atoms. The summed E-state index contributed by atoms with van der Waals surface area (Å²) in [4.78, 5) is 2.22. The van der Waals surface area contributed by atoms with Crippen LogP contribution in [-0.2, 0) is 0 Å². The lowest BCUT2D eigenvalue weighted by Gasteiger charge is -2.22. The van der Waals surface area contributed by atoms with Crippen molar-refractivity contribution in [1.29, 1.82) is 0 Å². The summed E-state index contributed by atoms with van der Waals surface area (Å²) in [5.74, 6) is 0. The first-order chi connectivity index (χ1) is 9.92. The molecule has 0 aromatic heterocycles. The van der Waals surface area contributed by atoms with E-state index >= 15 is 0 Å². The number of hydrogen-bond donors (Lipinski definition) is 1. The molecule has 112 valence electrons. The third-order valence-corrected chi connectivity index (χ3v) is 4.55. The van der Waals surface area contributed by atoms with Crippen molar-refractivity contribution >= 4 is 27.3 Å². The SMILES string of the molecule is CNC(C)c1ccc(N(C)c2cc(C)cc(C)c2)cc1Br. The first kappa shape index (κ1) is 16.1. The predicted molar refractivity (Wildman–Crippen MR) is 95.6 cm³/mol. The highest BCUT2D eigenvalue weighted by atomic mass is 79.9. The summed E-state index contributed by atoms with van der Waals surface area (Å²) in [6, 6.07) is 13.5. The summed E-state index contributed by atoms with van der Waals surface area (Å²) in [5, 5.41) is 3.27. The minimum atomic E-state index is 0.333. The maximum absolute atomic E-state index is 3.69. The van der Waals surface area contributed by atoms with Crippen LogP contribution in [0.4, 0.5) is 11.4 Å². The van der Waals surface area contributed by atoms with Crippen molar-refractivity contribution in [3.63, 3.8) is 0 Å². The van der Waals surface area contributed by atoms with Crippen molar-refractivity contribution in [3.8, 4) is 0 Å². The van der Waals surface area contributed by atoms with Gasteiger partial charge in [-0.25, -0.2) is 0 Å². The number of nitrogens with zero attached hydrogens (tertiary/aromatic N) is 1. The molecule has 0 amide bonds. The van der Waals surface area contributed by atoms with Gasteiger partial charge in [-0.3, -0.25) is 0 Å². The molecule has 2 aromatic rings. The quantitative estimate of drug-likeness (QED) is 0.826. The van der Waals surface area contributed by atoms with Crippen molar-refractivity contribution in [1.82, 2.24) is 5.32 Å². The van der Waals surface area contributed by atoms with E-state index in [1.165, 1.54) is 28.1 Å². The second-order valence-corrected chi connectivity index (χ2v) is 6.48. The molecule has 1 unspecified atom stereocenters. The fourth-order valence-electron chi connectivity index (χ4n) is 2.52. The Balaban J connectivity index is 2.35. The maximum atomic E-state index is 3.69. The Morgan fingerprint density at radius 3 is 2.14 bits per heavy atom. The summed E-state index contributed by atoms with van der Waals surface area (Å²) in [6.07, 6.45) is 0. The Morgan fingerprint density at radius 1 is 1.00 bits per heavy atom. The average molecular weight is 347 g/mol. The third-order valence-electron chi connectivity index (χ3n) is 3.86. The van der Waals surface area contributed by atoms with Crippen LogP contribution in [0.3, 0.4) is 0 Å². The molecular weight excluding hydrogens is 324 g/mol. The van der Waals surface area contributed by atoms with Crippen LogP contribution >= 0.6 is 15.9 Å². The highest BCUT2D eigenvalue weighted by Crippen LogP contribution is 2.31. The average Bonchev–Trinajstić information content (AvgIpc) is 2.44. The summed E-state index contributed by atoms with van der Waals surface area (Å²) < 4.78 is 1.14. The lowest BCUT2D eigenvalue weighted by atomic mass is 10.1. The topological polar surface area (TPSA) is 15.3 Å². The monoisotopic (exact) mass is 346 g/mol. The lowest BCUT2D eigenvalue weighted by Crippen LogP contribution is -2.14. The standard InChI is InChI=1S/C18H23BrN2/c1-12-8-13(2)10-16(9-12)21(5)15-6-7-17(14(3)20-4)18(19)11-15/h6-11,14,20H,1-5H3. The van der Waals surface area contributed by atoms with Crippen LogP contribution in [0.1, 0.15) is 29.7 Å². The van der Waals surface area contributed by atoms with E-state index in [4.69, 9.17) is 0 Å². The van der Waals surface area contributed by atoms with Gasteiger partial charge in [-0.15, -0.1) is 0 Å². The van der Waals surface area contributed by atoms with Gasteiger partial charge in [-0.2, -0.15) is 0 Å². The Bertz CT molecular complexity index is 617. The van der Waals surface area contributed by atoms with Gasteiger partial charge in [0.2, 0.25) is 0 Å². The predicted octanol–water partition coefficient (Wildman–Crippen LogP) is 5.11. The number of nitrogens with one attached hydrogen (secondary N) is 1. The van der Waals surface area contributed by atoms with Crippen LogP contribution in [0.25, 0.3) is 0 Å². The van der Waals surface area contributed by atoms with E-state index in [0.717, 1.165) is 4.47 Å². The highest BCUT2D eigenvalue weighted by molar-refractivity contribution is 9.10. The molecule has 3 heteroatoms. The molecule has 1 N–H and O–H groups in total. The van der Waals surface area contributed by atoms with E-state index in [1.54, 1.807) is 0 Å². The zero-order valence-electron chi connectivity index (χ0n) is 13.4. The highest BCUT2D eigenvalue weighted by Gasteiger charge is 2.11. The summed E-state index contributed by atoms with van der Waals surface area (Å²) in [6.45, 7) is 6.43. The number of benzene rings is 2. The molecule has 0 aliphatic carbocycles. The van der Waals surface area contributed by atoms with Crippen molar-refractivity contribution in [2.45, 2.75) is 26.8 Å². The van der Waals surface area contributed by atoms with E-state index in [9.17, 15) is 0 Å². The Morgan fingerprint density at radius 2 is 1.62 bits per heavy atom. The van der Waals surface area contributed by atoms with Gasteiger partial charge in [0.05, 0.1) is 0 Å². The molecule has 0 radical (unpaired) electrons. The molecule has 0 saturated heterocycles. The van der Waals surface area contributed by atoms with Crippen molar-refractivity contribution in [3.05, 3.63) is 57.6 Å². The molecule has 21 heavy (non-hydrogen) atoms. The van der Waals surface area contributed by atoms with Crippen molar-refractivity contribution in [2.75, 3.05) is 19.0 Å². The van der Waals surface area contributed by atoms with Crippen molar-refractivity contribution < 1.29 is 0 Å². The fourth-order valence-corrected chi connectivity index (χ4v) is 3.23. The number of hydrogen-bond acceptors (Lipinski definition) is 2. The molecule has 0 aliphatic heterocycles. The molecule has 2 aromatic carbocycles. The maximum Gasteiger partial charge on any atom is 0.0419 e. The Kier molecular flexibility index (Phi) is 5.07. The van der Waals surface area contributed by atoms with Crippen LogP contribution in [0.15, 0.2) is 40.9 Å². The van der Waals surface area contributed by atoms with Crippen LogP contribution in [0.2, 0.25) is 0 Å². The summed E-state index contributed by atoms with van der Waals surface area (Å²) in [7, 11) is 4.09. The zero-order valence-corrected chi connectivity index (χ0v) is 15.0. The van der Waals surface area contributed by atoms with E-state index in [-0.39, 0.29) is 0 Å². The van der Waals surface area contributed by atoms with E-state index in [2.05, 4.69) is 90.4 Å². The molecule has 0 fully saturated rings. The van der Waals surface area contributed by atoms with E-state index < -0.39 is 0 Å². The molecule has 2 nitrogen and oxygen atoms in total. The molecule has 0 spiro atoms. The van der Waals surface area contributed by atoms with E-state index in [0.29, 0.717) is 6.04 Å². The van der Waals surface area contributed by atoms with Crippen LogP contribution in [0.5, 0.6) is 0 Å². The number of halogens is 1. The minimum absolute atomic E-state index is 0.333. The van der Waals surface area contributed by atoms with Gasteiger partial charge in [0.15, 0.2) is 0 Å². The van der Waals surface area contributed by atoms with Gasteiger partial charge < -0.3 is 10.2 Å². The molecule has 1 atom stereocenters. The molecule has 2 rings (SSSR count). The lowest BCUT2D eigenvalue weighted by molar-refractivity contribution is 0.649. The van der Waals surface area contributed by atoms with Gasteiger partial charge in [0.25, 0.3) is 0 Å². The first-order valence-electron chi connectivity index (χ1n) is 7.21. The number of rotatable bonds is 4. The second kappa shape index (κ2) is 6.63. The van der Waals surface area contributed by atoms with Gasteiger partial charge in [-0.05, 0) is 68.8 Å². The second-order valence-electron chi connectivity index (χ2n) is 5.62. The normalized spacial score (nSPS) is 12.3. The van der Waals surface area contributed by atoms with Gasteiger partial charge in [0.1, 0.15) is 0 Å². The number of aryl methyl sites for hydroxylation is 2. The molecule has 0 aliphatic rings. The smallest absolute Gasteiger partial charge is 0.0419 e. The van der Waals surface area contributed by atoms with Gasteiger partial charge in [-0.1, -0.05) is 28.1 Å². The van der Waals surface area contributed by atoms with Gasteiger partial charge >= 0.3 is 0 Å². The minimum Gasteiger partial charge on any atom is -0.345 e. The fraction of sp³-hybridized carbons (Fsp3) is 0.333. The van der Waals surface area contributed by atoms with Crippen LogP contribution < -0.4 is 10.2 Å². The summed E-state index contributed by atoms with van der Waals surface area (Å²) >= 11 is 3.69. The molecular formula is C18H23BrN2. The molecule has 0 heterocycles. The number of anilines is 2. The zero-order chi connectivity index (χ0) is 15.6. The van der Waals surface area contributed by atoms with Gasteiger partial charge in [0, 0.05) is 28.9 Å². The van der Waals surface area contributed by atoms with Crippen LogP contribution in [-0.4, -0.2) is 14.1 Å². The Hall–Kier alpha value is -1.32. The van der Waals surface area contributed by atoms with Crippen LogP contribution in [0, 0.1) is 13.8 Å². The Labute approximate surface area is 136 Å². The third kappa shape index (κ3) is 3.66.